The average molecular weight is 479 g/mol. The number of rotatable bonds is 8. The highest BCUT2D eigenvalue weighted by atomic mass is 16.5. The van der Waals surface area contributed by atoms with Gasteiger partial charge in [0.05, 0.1) is 0 Å². The Morgan fingerprint density at radius 3 is 2.23 bits per heavy atom. The molecule has 2 unspecified atom stereocenters. The Morgan fingerprint density at radius 1 is 1.00 bits per heavy atom. The molecule has 4 rings (SSSR count). The second-order valence-corrected chi connectivity index (χ2v) is 9.88. The Bertz CT molecular complexity index is 1040. The molecule has 2 aromatic carbocycles. The van der Waals surface area contributed by atoms with E-state index in [0.717, 1.165) is 41.5 Å². The largest absolute Gasteiger partial charge is 0.480 e. The molecule has 7 heteroatoms. The number of hydrogen-bond acceptors (Lipinski definition) is 4. The maximum absolute atomic E-state index is 13.3. The van der Waals surface area contributed by atoms with Crippen LogP contribution < -0.4 is 5.32 Å². The van der Waals surface area contributed by atoms with Crippen molar-refractivity contribution in [2.75, 3.05) is 13.2 Å². The number of aliphatic carboxylic acids is 1. The molecule has 186 valence electrons. The van der Waals surface area contributed by atoms with Gasteiger partial charge in [-0.05, 0) is 60.3 Å². The number of hydrogen-bond donors (Lipinski definition) is 2. The molecule has 1 aliphatic carbocycles. The maximum Gasteiger partial charge on any atom is 0.407 e. The molecular formula is C28H34N2O5. The number of alkyl carbamates (subject to hydrolysis) is 1. The van der Waals surface area contributed by atoms with E-state index in [-0.39, 0.29) is 18.4 Å². The molecule has 1 fully saturated rings. The molecule has 0 spiro atoms. The fourth-order valence-corrected chi connectivity index (χ4v) is 5.19. The molecule has 35 heavy (non-hydrogen) atoms. The maximum atomic E-state index is 13.3. The van der Waals surface area contributed by atoms with Gasteiger partial charge >= 0.3 is 12.1 Å². The van der Waals surface area contributed by atoms with Gasteiger partial charge in [-0.15, -0.1) is 0 Å². The van der Waals surface area contributed by atoms with Gasteiger partial charge in [-0.2, -0.15) is 0 Å². The van der Waals surface area contributed by atoms with Crippen molar-refractivity contribution in [2.45, 2.75) is 64.0 Å². The molecule has 0 aromatic heterocycles. The molecule has 0 radical (unpaired) electrons. The molecule has 1 aliphatic heterocycles. The van der Waals surface area contributed by atoms with E-state index in [1.807, 2.05) is 24.3 Å². The first-order chi connectivity index (χ1) is 16.9. The van der Waals surface area contributed by atoms with Crippen molar-refractivity contribution in [1.82, 2.24) is 10.2 Å². The minimum absolute atomic E-state index is 0.0727. The van der Waals surface area contributed by atoms with Crippen LogP contribution in [0.15, 0.2) is 48.5 Å². The molecular weight excluding hydrogens is 444 g/mol. The zero-order valence-corrected chi connectivity index (χ0v) is 20.4. The lowest BCUT2D eigenvalue weighted by atomic mass is 9.98. The van der Waals surface area contributed by atoms with Gasteiger partial charge in [0.15, 0.2) is 0 Å². The summed E-state index contributed by atoms with van der Waals surface area (Å²) in [6.45, 7) is 4.65. The topological polar surface area (TPSA) is 95.9 Å². The fraction of sp³-hybridized carbons (Fsp3) is 0.464. The lowest BCUT2D eigenvalue weighted by Crippen LogP contribution is -2.55. The Morgan fingerprint density at radius 2 is 1.63 bits per heavy atom. The van der Waals surface area contributed by atoms with E-state index in [1.54, 1.807) is 0 Å². The SMILES string of the molecule is CC(C)CCC(NC(=O)OCC1c2ccccc2-c2ccccc21)C(=O)N1CCCCC1C(=O)O. The Labute approximate surface area is 206 Å². The quantitative estimate of drug-likeness (QED) is 0.568. The first kappa shape index (κ1) is 24.8. The fourth-order valence-electron chi connectivity index (χ4n) is 5.19. The third-order valence-corrected chi connectivity index (χ3v) is 7.04. The van der Waals surface area contributed by atoms with Crippen LogP contribution in [0.4, 0.5) is 4.79 Å². The van der Waals surface area contributed by atoms with Crippen LogP contribution in [-0.2, 0) is 14.3 Å². The molecule has 2 aromatic rings. The highest BCUT2D eigenvalue weighted by Crippen LogP contribution is 2.44. The second kappa shape index (κ2) is 10.9. The van der Waals surface area contributed by atoms with Crippen LogP contribution in [0.3, 0.4) is 0 Å². The van der Waals surface area contributed by atoms with E-state index in [9.17, 15) is 19.5 Å². The molecule has 2 amide bonds. The molecule has 0 bridgehead atoms. The van der Waals surface area contributed by atoms with Gasteiger partial charge in [0.2, 0.25) is 5.91 Å². The number of carboxylic acids is 1. The van der Waals surface area contributed by atoms with E-state index in [4.69, 9.17) is 4.74 Å². The minimum Gasteiger partial charge on any atom is -0.480 e. The van der Waals surface area contributed by atoms with Crippen molar-refractivity contribution in [2.24, 2.45) is 5.92 Å². The number of fused-ring (bicyclic) bond motifs is 3. The van der Waals surface area contributed by atoms with Crippen molar-refractivity contribution in [3.05, 3.63) is 59.7 Å². The molecule has 0 saturated carbocycles. The van der Waals surface area contributed by atoms with Crippen LogP contribution in [0.2, 0.25) is 0 Å². The van der Waals surface area contributed by atoms with Crippen LogP contribution in [0.5, 0.6) is 0 Å². The Balaban J connectivity index is 1.45. The first-order valence-corrected chi connectivity index (χ1v) is 12.5. The number of carbonyl (C=O) groups excluding carboxylic acids is 2. The third kappa shape index (κ3) is 5.50. The number of carbonyl (C=O) groups is 3. The van der Waals surface area contributed by atoms with Crippen molar-refractivity contribution >= 4 is 18.0 Å². The van der Waals surface area contributed by atoms with Gasteiger partial charge in [-0.1, -0.05) is 62.4 Å². The molecule has 2 N–H and O–H groups in total. The molecule has 7 nitrogen and oxygen atoms in total. The zero-order chi connectivity index (χ0) is 24.9. The lowest BCUT2D eigenvalue weighted by Gasteiger charge is -2.35. The van der Waals surface area contributed by atoms with Crippen LogP contribution in [0.1, 0.15) is 63.0 Å². The summed E-state index contributed by atoms with van der Waals surface area (Å²) >= 11 is 0. The predicted octanol–water partition coefficient (Wildman–Crippen LogP) is 4.80. The zero-order valence-electron chi connectivity index (χ0n) is 20.4. The summed E-state index contributed by atoms with van der Waals surface area (Å²) in [4.78, 5) is 39.3. The lowest BCUT2D eigenvalue weighted by molar-refractivity contribution is -0.153. The van der Waals surface area contributed by atoms with E-state index >= 15 is 0 Å². The number of carboxylic acid groups (broad SMARTS) is 1. The minimum atomic E-state index is -0.998. The monoisotopic (exact) mass is 478 g/mol. The summed E-state index contributed by atoms with van der Waals surface area (Å²) in [6, 6.07) is 14.6. The number of likely N-dealkylation sites (tertiary alicyclic amines) is 1. The van der Waals surface area contributed by atoms with E-state index in [0.29, 0.717) is 25.3 Å². The summed E-state index contributed by atoms with van der Waals surface area (Å²) in [5.41, 5.74) is 4.52. The smallest absolute Gasteiger partial charge is 0.407 e. The third-order valence-electron chi connectivity index (χ3n) is 7.04. The van der Waals surface area contributed by atoms with Crippen molar-refractivity contribution < 1.29 is 24.2 Å². The van der Waals surface area contributed by atoms with Gasteiger partial charge in [0, 0.05) is 12.5 Å². The molecule has 1 saturated heterocycles. The van der Waals surface area contributed by atoms with Crippen molar-refractivity contribution in [3.8, 4) is 11.1 Å². The number of nitrogens with zero attached hydrogens (tertiary/aromatic N) is 1. The number of nitrogens with one attached hydrogen (secondary N) is 1. The van der Waals surface area contributed by atoms with E-state index < -0.39 is 24.1 Å². The normalized spacial score (nSPS) is 18.0. The number of ether oxygens (including phenoxy) is 1. The Hall–Kier alpha value is -3.35. The summed E-state index contributed by atoms with van der Waals surface area (Å²) in [7, 11) is 0. The van der Waals surface area contributed by atoms with Gasteiger partial charge in [-0.25, -0.2) is 9.59 Å². The summed E-state index contributed by atoms with van der Waals surface area (Å²) in [5, 5.41) is 12.4. The number of piperidine rings is 1. The highest BCUT2D eigenvalue weighted by Gasteiger charge is 2.36. The highest BCUT2D eigenvalue weighted by molar-refractivity contribution is 5.89. The van der Waals surface area contributed by atoms with Gasteiger partial charge in [-0.3, -0.25) is 4.79 Å². The first-order valence-electron chi connectivity index (χ1n) is 12.5. The van der Waals surface area contributed by atoms with Crippen molar-refractivity contribution in [3.63, 3.8) is 0 Å². The molecule has 2 atom stereocenters. The van der Waals surface area contributed by atoms with Crippen LogP contribution in [0.25, 0.3) is 11.1 Å². The van der Waals surface area contributed by atoms with Gasteiger partial charge in [0.1, 0.15) is 18.7 Å². The molecule has 2 aliphatic rings. The second-order valence-electron chi connectivity index (χ2n) is 9.88. The summed E-state index contributed by atoms with van der Waals surface area (Å²) in [5.74, 6) is -1.07. The number of benzene rings is 2. The van der Waals surface area contributed by atoms with Crippen LogP contribution in [0, 0.1) is 5.92 Å². The van der Waals surface area contributed by atoms with E-state index in [2.05, 4.69) is 43.4 Å². The van der Waals surface area contributed by atoms with E-state index in [1.165, 1.54) is 4.90 Å². The average Bonchev–Trinajstić information content (AvgIpc) is 3.18. The van der Waals surface area contributed by atoms with Crippen LogP contribution >= 0.6 is 0 Å². The predicted molar refractivity (Wildman–Crippen MR) is 133 cm³/mol. The summed E-state index contributed by atoms with van der Waals surface area (Å²) < 4.78 is 5.65. The van der Waals surface area contributed by atoms with Crippen LogP contribution in [-0.4, -0.2) is 53.2 Å². The van der Waals surface area contributed by atoms with Crippen molar-refractivity contribution in [1.29, 1.82) is 0 Å². The Kier molecular flexibility index (Phi) is 7.73. The summed E-state index contributed by atoms with van der Waals surface area (Å²) in [6.07, 6.45) is 2.48. The standard InChI is InChI=1S/C28H34N2O5/c1-18(2)14-15-24(26(31)30-16-8-7-13-25(30)27(32)33)29-28(34)35-17-23-21-11-5-3-9-19(21)20-10-4-6-12-22(20)23/h3-6,9-12,18,23-25H,7-8,13-17H2,1-2H3,(H,29,34)(H,32,33). The molecule has 1 heterocycles. The van der Waals surface area contributed by atoms with Gasteiger partial charge < -0.3 is 20.1 Å². The van der Waals surface area contributed by atoms with Gasteiger partial charge in [0.25, 0.3) is 0 Å². The number of amides is 2.